The molecular formula is C13H22ClF4N3O. The van der Waals surface area contributed by atoms with E-state index in [0.29, 0.717) is 13.1 Å². The summed E-state index contributed by atoms with van der Waals surface area (Å²) in [6.07, 6.45) is -2.06. The lowest BCUT2D eigenvalue weighted by molar-refractivity contribution is -0.149. The quantitative estimate of drug-likeness (QED) is 0.782. The zero-order valence-corrected chi connectivity index (χ0v) is 13.1. The molecule has 0 aromatic rings. The molecule has 0 radical (unpaired) electrons. The van der Waals surface area contributed by atoms with Crippen LogP contribution < -0.4 is 5.32 Å². The maximum Gasteiger partial charge on any atom is 0.319 e. The van der Waals surface area contributed by atoms with Gasteiger partial charge in [0, 0.05) is 32.1 Å². The minimum Gasteiger partial charge on any atom is -0.340 e. The molecule has 0 atom stereocenters. The summed E-state index contributed by atoms with van der Waals surface area (Å²) in [6, 6.07) is 0. The summed E-state index contributed by atoms with van der Waals surface area (Å²) >= 11 is 0. The van der Waals surface area contributed by atoms with E-state index in [-0.39, 0.29) is 37.3 Å². The molecule has 2 aliphatic heterocycles. The average molecular weight is 348 g/mol. The van der Waals surface area contributed by atoms with Crippen LogP contribution >= 0.6 is 12.4 Å². The van der Waals surface area contributed by atoms with Crippen LogP contribution in [0.4, 0.5) is 17.6 Å². The number of nitrogens with one attached hydrogen (secondary N) is 1. The topological polar surface area (TPSA) is 35.6 Å². The fourth-order valence-electron chi connectivity index (χ4n) is 2.82. The van der Waals surface area contributed by atoms with E-state index in [4.69, 9.17) is 0 Å². The van der Waals surface area contributed by atoms with Crippen LogP contribution in [0.15, 0.2) is 0 Å². The van der Waals surface area contributed by atoms with Gasteiger partial charge in [0.25, 0.3) is 0 Å². The summed E-state index contributed by atoms with van der Waals surface area (Å²) in [6.45, 7) is 1.80. The molecule has 0 aliphatic carbocycles. The molecule has 0 unspecified atom stereocenters. The molecule has 0 aromatic heterocycles. The zero-order valence-electron chi connectivity index (χ0n) is 12.2. The standard InChI is InChI=1S/C13H21F4N3O.ClH/c14-12(15)13(16,17)9-19-5-7-20(8-6-19)11(21)10-1-3-18-4-2-10;/h10,12,18H,1-9H2;1H. The number of rotatable bonds is 4. The maximum atomic E-state index is 13.0. The molecule has 2 saturated heterocycles. The first-order chi connectivity index (χ1) is 9.90. The van der Waals surface area contributed by atoms with Gasteiger partial charge in [0.2, 0.25) is 5.91 Å². The fraction of sp³-hybridized carbons (Fsp3) is 0.923. The summed E-state index contributed by atoms with van der Waals surface area (Å²) in [4.78, 5) is 15.2. The molecule has 2 fully saturated rings. The van der Waals surface area contributed by atoms with Crippen LogP contribution in [-0.4, -0.2) is 73.9 Å². The Bertz CT molecular complexity index is 359. The molecule has 130 valence electrons. The molecule has 22 heavy (non-hydrogen) atoms. The Balaban J connectivity index is 0.00000242. The van der Waals surface area contributed by atoms with Crippen LogP contribution in [-0.2, 0) is 4.79 Å². The van der Waals surface area contributed by atoms with E-state index < -0.39 is 18.9 Å². The van der Waals surface area contributed by atoms with Gasteiger partial charge in [0.05, 0.1) is 6.54 Å². The summed E-state index contributed by atoms with van der Waals surface area (Å²) in [5, 5.41) is 3.18. The molecule has 2 heterocycles. The van der Waals surface area contributed by atoms with Gasteiger partial charge in [0.1, 0.15) is 0 Å². The number of piperidine rings is 1. The SMILES string of the molecule is Cl.O=C(C1CCNCC1)N1CCN(CC(F)(F)C(F)F)CC1. The zero-order chi connectivity index (χ0) is 15.5. The van der Waals surface area contributed by atoms with Crippen molar-refractivity contribution in [3.8, 4) is 0 Å². The molecule has 1 N–H and O–H groups in total. The Morgan fingerprint density at radius 2 is 1.68 bits per heavy atom. The first-order valence-electron chi connectivity index (χ1n) is 7.28. The summed E-state index contributed by atoms with van der Waals surface area (Å²) in [5.41, 5.74) is 0. The Morgan fingerprint density at radius 3 is 2.18 bits per heavy atom. The number of carbonyl (C=O) groups excluding carboxylic acids is 1. The Morgan fingerprint density at radius 1 is 1.14 bits per heavy atom. The van der Waals surface area contributed by atoms with E-state index in [9.17, 15) is 22.4 Å². The van der Waals surface area contributed by atoms with E-state index in [1.807, 2.05) is 0 Å². The first kappa shape index (κ1) is 19.4. The van der Waals surface area contributed by atoms with Gasteiger partial charge >= 0.3 is 12.3 Å². The number of halogens is 5. The maximum absolute atomic E-state index is 13.0. The van der Waals surface area contributed by atoms with Crippen molar-refractivity contribution in [3.05, 3.63) is 0 Å². The lowest BCUT2D eigenvalue weighted by Crippen LogP contribution is -2.54. The largest absolute Gasteiger partial charge is 0.340 e. The lowest BCUT2D eigenvalue weighted by atomic mass is 9.96. The minimum absolute atomic E-state index is 0. The van der Waals surface area contributed by atoms with Gasteiger partial charge in [-0.2, -0.15) is 8.78 Å². The van der Waals surface area contributed by atoms with Crippen molar-refractivity contribution in [1.29, 1.82) is 0 Å². The average Bonchev–Trinajstić information content (AvgIpc) is 2.48. The number of alkyl halides is 4. The van der Waals surface area contributed by atoms with Gasteiger partial charge in [0.15, 0.2) is 0 Å². The van der Waals surface area contributed by atoms with Crippen molar-refractivity contribution in [3.63, 3.8) is 0 Å². The van der Waals surface area contributed by atoms with E-state index in [1.54, 1.807) is 4.90 Å². The minimum atomic E-state index is -3.98. The highest BCUT2D eigenvalue weighted by Gasteiger charge is 2.43. The van der Waals surface area contributed by atoms with Crippen LogP contribution in [0.5, 0.6) is 0 Å². The number of carbonyl (C=O) groups is 1. The third kappa shape index (κ3) is 4.96. The Labute approximate surface area is 133 Å². The third-order valence-electron chi connectivity index (χ3n) is 4.13. The number of piperazine rings is 1. The predicted octanol–water partition coefficient (Wildman–Crippen LogP) is 1.45. The van der Waals surface area contributed by atoms with E-state index in [0.717, 1.165) is 25.9 Å². The van der Waals surface area contributed by atoms with Crippen molar-refractivity contribution < 1.29 is 22.4 Å². The summed E-state index contributed by atoms with van der Waals surface area (Å²) in [7, 11) is 0. The molecule has 0 bridgehead atoms. The molecule has 9 heteroatoms. The second-order valence-corrected chi connectivity index (χ2v) is 5.69. The van der Waals surface area contributed by atoms with Gasteiger partial charge in [-0.1, -0.05) is 0 Å². The number of nitrogens with zero attached hydrogens (tertiary/aromatic N) is 2. The molecule has 0 spiro atoms. The predicted molar refractivity (Wildman–Crippen MR) is 76.8 cm³/mol. The van der Waals surface area contributed by atoms with Crippen molar-refractivity contribution in [2.24, 2.45) is 5.92 Å². The molecule has 2 rings (SSSR count). The molecule has 4 nitrogen and oxygen atoms in total. The highest BCUT2D eigenvalue weighted by atomic mass is 35.5. The summed E-state index contributed by atoms with van der Waals surface area (Å²) in [5.74, 6) is -3.92. The van der Waals surface area contributed by atoms with Crippen molar-refractivity contribution in [2.75, 3.05) is 45.8 Å². The highest BCUT2D eigenvalue weighted by Crippen LogP contribution is 2.25. The highest BCUT2D eigenvalue weighted by molar-refractivity contribution is 5.85. The molecule has 0 saturated carbocycles. The molecular weight excluding hydrogens is 326 g/mol. The molecule has 1 amide bonds. The second-order valence-electron chi connectivity index (χ2n) is 5.69. The Hall–Kier alpha value is -0.600. The summed E-state index contributed by atoms with van der Waals surface area (Å²) < 4.78 is 50.3. The molecule has 2 aliphatic rings. The second kappa shape index (κ2) is 8.31. The van der Waals surface area contributed by atoms with E-state index in [1.165, 1.54) is 4.90 Å². The van der Waals surface area contributed by atoms with Crippen LogP contribution in [0.3, 0.4) is 0 Å². The first-order valence-corrected chi connectivity index (χ1v) is 7.28. The lowest BCUT2D eigenvalue weighted by Gasteiger charge is -2.38. The van der Waals surface area contributed by atoms with E-state index in [2.05, 4.69) is 5.32 Å². The number of hydrogen-bond donors (Lipinski definition) is 1. The van der Waals surface area contributed by atoms with Crippen LogP contribution in [0.2, 0.25) is 0 Å². The van der Waals surface area contributed by atoms with Crippen molar-refractivity contribution in [2.45, 2.75) is 25.2 Å². The van der Waals surface area contributed by atoms with Crippen molar-refractivity contribution in [1.82, 2.24) is 15.1 Å². The fourth-order valence-corrected chi connectivity index (χ4v) is 2.82. The van der Waals surface area contributed by atoms with Gasteiger partial charge in [-0.15, -0.1) is 12.4 Å². The monoisotopic (exact) mass is 347 g/mol. The van der Waals surface area contributed by atoms with Crippen LogP contribution in [0.25, 0.3) is 0 Å². The smallest absolute Gasteiger partial charge is 0.319 e. The Kier molecular flexibility index (Phi) is 7.34. The van der Waals surface area contributed by atoms with Crippen LogP contribution in [0.1, 0.15) is 12.8 Å². The van der Waals surface area contributed by atoms with Gasteiger partial charge < -0.3 is 10.2 Å². The van der Waals surface area contributed by atoms with Crippen molar-refractivity contribution >= 4 is 18.3 Å². The third-order valence-corrected chi connectivity index (χ3v) is 4.13. The van der Waals surface area contributed by atoms with Crippen LogP contribution in [0, 0.1) is 5.92 Å². The number of hydrogen-bond acceptors (Lipinski definition) is 3. The molecule has 0 aromatic carbocycles. The number of amides is 1. The normalized spacial score (nSPS) is 21.8. The van der Waals surface area contributed by atoms with Gasteiger partial charge in [-0.05, 0) is 25.9 Å². The van der Waals surface area contributed by atoms with E-state index >= 15 is 0 Å². The van der Waals surface area contributed by atoms with Gasteiger partial charge in [-0.25, -0.2) is 8.78 Å². The van der Waals surface area contributed by atoms with Gasteiger partial charge in [-0.3, -0.25) is 9.69 Å².